The van der Waals surface area contributed by atoms with E-state index in [0.29, 0.717) is 0 Å². The molecule has 2 fully saturated rings. The van der Waals surface area contributed by atoms with E-state index in [2.05, 4.69) is 31.5 Å². The fourth-order valence-corrected chi connectivity index (χ4v) is 5.03. The molecule has 0 aromatic carbocycles. The number of rotatable bonds is 7. The number of thioether (sulfide) groups is 1. The molecule has 0 atom stereocenters. The van der Waals surface area contributed by atoms with Crippen LogP contribution in [-0.2, 0) is 13.6 Å². The maximum absolute atomic E-state index is 12.3. The van der Waals surface area contributed by atoms with Crippen molar-refractivity contribution in [2.24, 2.45) is 7.05 Å². The molecule has 0 radical (unpaired) electrons. The van der Waals surface area contributed by atoms with Crippen molar-refractivity contribution in [3.05, 3.63) is 18.2 Å². The molecule has 2 aliphatic rings. The standard InChI is InChI=1S/C19H33N5OS/c1-22-10-9-20-18(22)16-23-11-13-24(14-12-23)19(25)21-8-5-15-26-17-6-3-2-4-7-17/h9-10,17H,2-8,11-16H2,1H3,(H,21,25). The molecule has 1 N–H and O–H groups in total. The first-order valence-electron chi connectivity index (χ1n) is 10.1. The molecule has 6 nitrogen and oxygen atoms in total. The average Bonchev–Trinajstić information content (AvgIpc) is 3.07. The van der Waals surface area contributed by atoms with Gasteiger partial charge in [-0.1, -0.05) is 19.3 Å². The first kappa shape index (κ1) is 19.5. The topological polar surface area (TPSA) is 53.4 Å². The number of imidazole rings is 1. The largest absolute Gasteiger partial charge is 0.338 e. The Morgan fingerprint density at radius 1 is 1.23 bits per heavy atom. The summed E-state index contributed by atoms with van der Waals surface area (Å²) >= 11 is 2.11. The molecule has 0 spiro atoms. The fraction of sp³-hybridized carbons (Fsp3) is 0.789. The minimum Gasteiger partial charge on any atom is -0.338 e. The van der Waals surface area contributed by atoms with E-state index in [0.717, 1.165) is 56.8 Å². The lowest BCUT2D eigenvalue weighted by molar-refractivity contribution is 0.133. The summed E-state index contributed by atoms with van der Waals surface area (Å²) in [6, 6.07) is 0.101. The lowest BCUT2D eigenvalue weighted by Gasteiger charge is -2.34. The van der Waals surface area contributed by atoms with Crippen molar-refractivity contribution in [1.29, 1.82) is 0 Å². The number of amides is 2. The highest BCUT2D eigenvalue weighted by atomic mass is 32.2. The van der Waals surface area contributed by atoms with Crippen molar-refractivity contribution in [3.8, 4) is 0 Å². The smallest absolute Gasteiger partial charge is 0.317 e. The Balaban J connectivity index is 1.26. The van der Waals surface area contributed by atoms with Crippen LogP contribution in [0.5, 0.6) is 0 Å². The minimum atomic E-state index is 0.101. The van der Waals surface area contributed by atoms with Crippen molar-refractivity contribution < 1.29 is 4.79 Å². The highest BCUT2D eigenvalue weighted by Crippen LogP contribution is 2.28. The molecular formula is C19H33N5OS. The SMILES string of the molecule is Cn1ccnc1CN1CCN(C(=O)NCCCSC2CCCCC2)CC1. The summed E-state index contributed by atoms with van der Waals surface area (Å²) in [7, 11) is 2.03. The highest BCUT2D eigenvalue weighted by Gasteiger charge is 2.21. The van der Waals surface area contributed by atoms with Crippen LogP contribution in [0, 0.1) is 0 Å². The van der Waals surface area contributed by atoms with Gasteiger partial charge in [-0.15, -0.1) is 0 Å². The molecule has 2 amide bonds. The summed E-state index contributed by atoms with van der Waals surface area (Å²) in [6.45, 7) is 5.08. The molecule has 0 unspecified atom stereocenters. The zero-order valence-electron chi connectivity index (χ0n) is 16.0. The number of aryl methyl sites for hydroxylation is 1. The molecule has 146 valence electrons. The quantitative estimate of drug-likeness (QED) is 0.740. The van der Waals surface area contributed by atoms with E-state index in [9.17, 15) is 4.79 Å². The summed E-state index contributed by atoms with van der Waals surface area (Å²) < 4.78 is 2.06. The Hall–Kier alpha value is -1.21. The summed E-state index contributed by atoms with van der Waals surface area (Å²) in [6.07, 6.45) is 11.9. The van der Waals surface area contributed by atoms with Gasteiger partial charge in [0.2, 0.25) is 0 Å². The van der Waals surface area contributed by atoms with Gasteiger partial charge in [-0.3, -0.25) is 4.90 Å². The van der Waals surface area contributed by atoms with Crippen LogP contribution in [-0.4, -0.2) is 69.1 Å². The number of hydrogen-bond acceptors (Lipinski definition) is 4. The second-order valence-corrected chi connectivity index (χ2v) is 8.84. The molecule has 1 aromatic heterocycles. The summed E-state index contributed by atoms with van der Waals surface area (Å²) in [4.78, 5) is 21.0. The second kappa shape index (κ2) is 10.2. The van der Waals surface area contributed by atoms with Gasteiger partial charge in [-0.25, -0.2) is 9.78 Å². The number of nitrogens with zero attached hydrogens (tertiary/aromatic N) is 4. The molecule has 1 aromatic rings. The van der Waals surface area contributed by atoms with Crippen LogP contribution in [0.3, 0.4) is 0 Å². The molecular weight excluding hydrogens is 346 g/mol. The van der Waals surface area contributed by atoms with Crippen molar-refractivity contribution in [2.75, 3.05) is 38.5 Å². The third-order valence-electron chi connectivity index (χ3n) is 5.45. The van der Waals surface area contributed by atoms with Crippen LogP contribution in [0.15, 0.2) is 12.4 Å². The van der Waals surface area contributed by atoms with Crippen molar-refractivity contribution >= 4 is 17.8 Å². The number of piperazine rings is 1. The Morgan fingerprint density at radius 3 is 2.69 bits per heavy atom. The van der Waals surface area contributed by atoms with Gasteiger partial charge in [0.15, 0.2) is 0 Å². The maximum Gasteiger partial charge on any atom is 0.317 e. The second-order valence-electron chi connectivity index (χ2n) is 7.43. The van der Waals surface area contributed by atoms with E-state index in [-0.39, 0.29) is 6.03 Å². The van der Waals surface area contributed by atoms with E-state index >= 15 is 0 Å². The summed E-state index contributed by atoms with van der Waals surface area (Å²) in [5, 5.41) is 3.97. The van der Waals surface area contributed by atoms with Gasteiger partial charge in [-0.2, -0.15) is 11.8 Å². The number of nitrogens with one attached hydrogen (secondary N) is 1. The Morgan fingerprint density at radius 2 is 2.00 bits per heavy atom. The first-order chi connectivity index (χ1) is 12.7. The predicted molar refractivity (Wildman–Crippen MR) is 107 cm³/mol. The monoisotopic (exact) mass is 379 g/mol. The van der Waals surface area contributed by atoms with Crippen LogP contribution in [0.2, 0.25) is 0 Å². The van der Waals surface area contributed by atoms with E-state index < -0.39 is 0 Å². The first-order valence-corrected chi connectivity index (χ1v) is 11.1. The molecule has 0 bridgehead atoms. The zero-order valence-corrected chi connectivity index (χ0v) is 16.8. The highest BCUT2D eigenvalue weighted by molar-refractivity contribution is 7.99. The molecule has 26 heavy (non-hydrogen) atoms. The molecule has 1 saturated carbocycles. The minimum absolute atomic E-state index is 0.101. The van der Waals surface area contributed by atoms with E-state index in [4.69, 9.17) is 0 Å². The summed E-state index contributed by atoms with van der Waals surface area (Å²) in [5.41, 5.74) is 0. The number of urea groups is 1. The molecule has 1 aliphatic carbocycles. The van der Waals surface area contributed by atoms with Crippen molar-refractivity contribution in [2.45, 2.75) is 50.3 Å². The predicted octanol–water partition coefficient (Wildman–Crippen LogP) is 2.70. The summed E-state index contributed by atoms with van der Waals surface area (Å²) in [5.74, 6) is 2.25. The number of carbonyl (C=O) groups excluding carboxylic acids is 1. The van der Waals surface area contributed by atoms with Crippen molar-refractivity contribution in [3.63, 3.8) is 0 Å². The van der Waals surface area contributed by atoms with Gasteiger partial charge >= 0.3 is 6.03 Å². The average molecular weight is 380 g/mol. The van der Waals surface area contributed by atoms with Crippen molar-refractivity contribution in [1.82, 2.24) is 24.7 Å². The lowest BCUT2D eigenvalue weighted by Crippen LogP contribution is -2.51. The third kappa shape index (κ3) is 5.91. The molecule has 1 saturated heterocycles. The van der Waals surface area contributed by atoms with Gasteiger partial charge in [-0.05, 0) is 25.0 Å². The zero-order chi connectivity index (χ0) is 18.2. The van der Waals surface area contributed by atoms with Gasteiger partial charge in [0.25, 0.3) is 0 Å². The lowest BCUT2D eigenvalue weighted by atomic mass is 10.0. The van der Waals surface area contributed by atoms with E-state index in [1.807, 2.05) is 24.3 Å². The Bertz CT molecular complexity index is 550. The number of aromatic nitrogens is 2. The normalized spacial score (nSPS) is 19.7. The fourth-order valence-electron chi connectivity index (χ4n) is 3.72. The maximum atomic E-state index is 12.3. The Labute approximate surface area is 161 Å². The van der Waals surface area contributed by atoms with E-state index in [1.54, 1.807) is 0 Å². The van der Waals surface area contributed by atoms with Gasteiger partial charge in [0.05, 0.1) is 6.54 Å². The molecule has 3 rings (SSSR count). The van der Waals surface area contributed by atoms with E-state index in [1.165, 1.54) is 37.9 Å². The van der Waals surface area contributed by atoms with Crippen LogP contribution < -0.4 is 5.32 Å². The van der Waals surface area contributed by atoms with Crippen LogP contribution in [0.4, 0.5) is 4.79 Å². The number of hydrogen-bond donors (Lipinski definition) is 1. The van der Waals surface area contributed by atoms with Crippen LogP contribution >= 0.6 is 11.8 Å². The van der Waals surface area contributed by atoms with Crippen LogP contribution in [0.25, 0.3) is 0 Å². The number of carbonyl (C=O) groups is 1. The van der Waals surface area contributed by atoms with Crippen LogP contribution in [0.1, 0.15) is 44.3 Å². The van der Waals surface area contributed by atoms with Gasteiger partial charge < -0.3 is 14.8 Å². The molecule has 1 aliphatic heterocycles. The molecule has 2 heterocycles. The Kier molecular flexibility index (Phi) is 7.68. The van der Waals surface area contributed by atoms with Gasteiger partial charge in [0, 0.05) is 57.4 Å². The van der Waals surface area contributed by atoms with Gasteiger partial charge in [0.1, 0.15) is 5.82 Å². The third-order valence-corrected chi connectivity index (χ3v) is 6.92. The molecule has 7 heteroatoms.